The van der Waals surface area contributed by atoms with E-state index in [9.17, 15) is 0 Å². The monoisotopic (exact) mass is 390 g/mol. The molecule has 0 radical (unpaired) electrons. The minimum atomic E-state index is 0.177. The van der Waals surface area contributed by atoms with E-state index in [1.54, 1.807) is 19.0 Å². The van der Waals surface area contributed by atoms with Crippen LogP contribution in [0.2, 0.25) is 0 Å². The van der Waals surface area contributed by atoms with Crippen LogP contribution < -0.4 is 0 Å². The van der Waals surface area contributed by atoms with Crippen LogP contribution >= 0.6 is 7.92 Å². The molecule has 4 fully saturated rings. The molecule has 0 aliphatic heterocycles. The van der Waals surface area contributed by atoms with E-state index in [0.29, 0.717) is 21.7 Å². The van der Waals surface area contributed by atoms with Gasteiger partial charge in [0.1, 0.15) is 0 Å². The summed E-state index contributed by atoms with van der Waals surface area (Å²) < 4.78 is 0. The molecule has 4 aliphatic carbocycles. The lowest BCUT2D eigenvalue weighted by Crippen LogP contribution is -2.41. The molecule has 4 aliphatic rings. The van der Waals surface area contributed by atoms with Gasteiger partial charge in [0.25, 0.3) is 0 Å². The average molecular weight is 391 g/mol. The summed E-state index contributed by atoms with van der Waals surface area (Å²) in [6.45, 7) is 18.4. The Bertz CT molecular complexity index is 519. The Balaban J connectivity index is 1.62. The van der Waals surface area contributed by atoms with Crippen molar-refractivity contribution in [3.05, 3.63) is 0 Å². The van der Waals surface area contributed by atoms with Crippen molar-refractivity contribution in [1.29, 1.82) is 0 Å². The van der Waals surface area contributed by atoms with Crippen molar-refractivity contribution in [2.45, 2.75) is 124 Å². The molecule has 0 N–H and O–H groups in total. The van der Waals surface area contributed by atoms with Gasteiger partial charge >= 0.3 is 0 Å². The molecule has 4 rings (SSSR count). The lowest BCUT2D eigenvalue weighted by atomic mass is 9.70. The highest BCUT2D eigenvalue weighted by atomic mass is 31.1. The van der Waals surface area contributed by atoms with Crippen molar-refractivity contribution in [2.24, 2.45) is 33.5 Å². The fourth-order valence-corrected chi connectivity index (χ4v) is 13.7. The second-order valence-electron chi connectivity index (χ2n) is 12.6. The molecule has 0 aromatic carbocycles. The van der Waals surface area contributed by atoms with E-state index in [1.807, 2.05) is 0 Å². The SMILES string of the molecule is CCCCCCP(C1CC2CCC1(C)C2(C)C)C1CC2CCC1(C)C2(C)C. The van der Waals surface area contributed by atoms with Gasteiger partial charge in [0.15, 0.2) is 0 Å². The summed E-state index contributed by atoms with van der Waals surface area (Å²) in [5, 5.41) is 0. The van der Waals surface area contributed by atoms with E-state index >= 15 is 0 Å². The minimum absolute atomic E-state index is 0.177. The molecule has 6 atom stereocenters. The number of fused-ring (bicyclic) bond motifs is 4. The lowest BCUT2D eigenvalue weighted by molar-refractivity contribution is 0.147. The number of unbranched alkanes of at least 4 members (excludes halogenated alkanes) is 3. The zero-order chi connectivity index (χ0) is 19.7. The van der Waals surface area contributed by atoms with Gasteiger partial charge in [0.2, 0.25) is 0 Å². The quantitative estimate of drug-likeness (QED) is 0.302. The molecule has 0 aromatic rings. The fourth-order valence-electron chi connectivity index (χ4n) is 8.58. The number of hydrogen-bond donors (Lipinski definition) is 0. The van der Waals surface area contributed by atoms with Gasteiger partial charge in [-0.2, -0.15) is 0 Å². The van der Waals surface area contributed by atoms with Crippen LogP contribution in [0.3, 0.4) is 0 Å². The Morgan fingerprint density at radius 1 is 0.704 bits per heavy atom. The Labute approximate surface area is 171 Å². The Kier molecular flexibility index (Phi) is 5.15. The maximum absolute atomic E-state index is 2.73. The van der Waals surface area contributed by atoms with Crippen molar-refractivity contribution in [3.63, 3.8) is 0 Å². The van der Waals surface area contributed by atoms with Gasteiger partial charge in [-0.3, -0.25) is 0 Å². The van der Waals surface area contributed by atoms with Gasteiger partial charge in [-0.15, -0.1) is 0 Å². The average Bonchev–Trinajstić information content (AvgIpc) is 3.13. The largest absolute Gasteiger partial charge is 0.0992 e. The maximum Gasteiger partial charge on any atom is -0.0144 e. The molecule has 0 amide bonds. The first-order valence-corrected chi connectivity index (χ1v) is 14.0. The van der Waals surface area contributed by atoms with Crippen LogP contribution in [-0.2, 0) is 0 Å². The van der Waals surface area contributed by atoms with E-state index in [4.69, 9.17) is 0 Å². The van der Waals surface area contributed by atoms with Crippen LogP contribution in [0.15, 0.2) is 0 Å². The van der Waals surface area contributed by atoms with Gasteiger partial charge in [-0.1, -0.05) is 75.7 Å². The molecule has 4 saturated carbocycles. The summed E-state index contributed by atoms with van der Waals surface area (Å²) in [5.41, 5.74) is 4.60. The topological polar surface area (TPSA) is 0 Å². The molecule has 0 heterocycles. The maximum atomic E-state index is 2.73. The summed E-state index contributed by atoms with van der Waals surface area (Å²) in [5.74, 6) is 2.04. The first kappa shape index (κ1) is 20.7. The van der Waals surface area contributed by atoms with Gasteiger partial charge in [-0.25, -0.2) is 0 Å². The van der Waals surface area contributed by atoms with E-state index in [-0.39, 0.29) is 7.92 Å². The molecule has 1 heteroatoms. The molecule has 0 nitrogen and oxygen atoms in total. The second kappa shape index (κ2) is 6.72. The van der Waals surface area contributed by atoms with Crippen LogP contribution in [0.25, 0.3) is 0 Å². The van der Waals surface area contributed by atoms with Crippen LogP contribution in [-0.4, -0.2) is 17.5 Å². The normalized spacial score (nSPS) is 47.7. The van der Waals surface area contributed by atoms with Gasteiger partial charge in [-0.05, 0) is 95.9 Å². The first-order chi connectivity index (χ1) is 12.6. The molecule has 0 spiro atoms. The molecule has 4 bridgehead atoms. The van der Waals surface area contributed by atoms with Crippen LogP contribution in [0.1, 0.15) is 113 Å². The van der Waals surface area contributed by atoms with Crippen molar-refractivity contribution < 1.29 is 0 Å². The van der Waals surface area contributed by atoms with Gasteiger partial charge in [0, 0.05) is 0 Å². The second-order valence-corrected chi connectivity index (χ2v) is 15.3. The van der Waals surface area contributed by atoms with E-state index < -0.39 is 0 Å². The van der Waals surface area contributed by atoms with Crippen LogP contribution in [0, 0.1) is 33.5 Å². The third-order valence-electron chi connectivity index (χ3n) is 11.6. The van der Waals surface area contributed by atoms with E-state index in [0.717, 1.165) is 23.2 Å². The third-order valence-corrected chi connectivity index (χ3v) is 15.6. The molecular formula is C26H47P. The summed E-state index contributed by atoms with van der Waals surface area (Å²) in [6.07, 6.45) is 16.7. The molecular weight excluding hydrogens is 343 g/mol. The molecule has 156 valence electrons. The molecule has 0 saturated heterocycles. The Hall–Kier alpha value is 0.430. The number of rotatable bonds is 7. The predicted molar refractivity (Wildman–Crippen MR) is 122 cm³/mol. The fraction of sp³-hybridized carbons (Fsp3) is 1.00. The van der Waals surface area contributed by atoms with Crippen LogP contribution in [0.5, 0.6) is 0 Å². The van der Waals surface area contributed by atoms with E-state index in [2.05, 4.69) is 48.5 Å². The molecule has 27 heavy (non-hydrogen) atoms. The first-order valence-electron chi connectivity index (χ1n) is 12.4. The lowest BCUT2D eigenvalue weighted by Gasteiger charge is -2.50. The van der Waals surface area contributed by atoms with E-state index in [1.165, 1.54) is 51.4 Å². The Morgan fingerprint density at radius 3 is 1.52 bits per heavy atom. The molecule has 6 unspecified atom stereocenters. The summed E-state index contributed by atoms with van der Waals surface area (Å²) in [4.78, 5) is 0. The van der Waals surface area contributed by atoms with Gasteiger partial charge < -0.3 is 0 Å². The Morgan fingerprint density at radius 2 is 1.19 bits per heavy atom. The number of hydrogen-bond acceptors (Lipinski definition) is 0. The smallest absolute Gasteiger partial charge is 0.0144 e. The molecule has 0 aromatic heterocycles. The third kappa shape index (κ3) is 2.70. The summed E-state index contributed by atoms with van der Waals surface area (Å²) in [6, 6.07) is 0. The summed E-state index contributed by atoms with van der Waals surface area (Å²) >= 11 is 0. The van der Waals surface area contributed by atoms with Crippen molar-refractivity contribution >= 4 is 7.92 Å². The highest BCUT2D eigenvalue weighted by Gasteiger charge is 2.67. The van der Waals surface area contributed by atoms with Crippen LogP contribution in [0.4, 0.5) is 0 Å². The zero-order valence-electron chi connectivity index (χ0n) is 19.5. The summed E-state index contributed by atoms with van der Waals surface area (Å²) in [7, 11) is 0.177. The van der Waals surface area contributed by atoms with Gasteiger partial charge in [0.05, 0.1) is 0 Å². The predicted octanol–water partition coefficient (Wildman–Crippen LogP) is 8.48. The highest BCUT2D eigenvalue weighted by molar-refractivity contribution is 7.59. The van der Waals surface area contributed by atoms with Crippen molar-refractivity contribution in [2.75, 3.05) is 6.16 Å². The standard InChI is InChI=1S/C26H47P/c1-8-9-10-11-16-27(21-17-19-12-14-25(21,6)23(19,2)3)22-18-20-13-15-26(22,7)24(20,4)5/h19-22H,8-18H2,1-7H3. The van der Waals surface area contributed by atoms with Crippen molar-refractivity contribution in [1.82, 2.24) is 0 Å². The van der Waals surface area contributed by atoms with Crippen molar-refractivity contribution in [3.8, 4) is 0 Å². The minimum Gasteiger partial charge on any atom is -0.0992 e. The zero-order valence-corrected chi connectivity index (χ0v) is 20.4. The highest BCUT2D eigenvalue weighted by Crippen LogP contribution is 2.79.